The Balaban J connectivity index is 2.88. The standard InChI is InChI=1S/C16H23NO3S/c1-4-16(13(2)3)17-21(19,20)15-10-8-14(9-11-15)7-5-6-12-18/h8-11,13,16-18H,4,6,12H2,1-3H3. The van der Waals surface area contributed by atoms with Crippen molar-refractivity contribution >= 4 is 10.0 Å². The molecule has 5 heteroatoms. The van der Waals surface area contributed by atoms with Crippen LogP contribution < -0.4 is 4.72 Å². The lowest BCUT2D eigenvalue weighted by atomic mass is 10.0. The van der Waals surface area contributed by atoms with Gasteiger partial charge < -0.3 is 5.11 Å². The Hall–Kier alpha value is -1.35. The maximum absolute atomic E-state index is 12.3. The molecule has 0 aliphatic carbocycles. The fourth-order valence-corrected chi connectivity index (χ4v) is 3.36. The van der Waals surface area contributed by atoms with Gasteiger partial charge in [-0.25, -0.2) is 13.1 Å². The van der Waals surface area contributed by atoms with Gasteiger partial charge in [0.2, 0.25) is 10.0 Å². The number of rotatable bonds is 6. The predicted octanol–water partition coefficient (Wildman–Crippen LogP) is 2.13. The van der Waals surface area contributed by atoms with E-state index in [0.29, 0.717) is 6.42 Å². The molecule has 0 fully saturated rings. The highest BCUT2D eigenvalue weighted by molar-refractivity contribution is 7.89. The molecule has 1 rings (SSSR count). The van der Waals surface area contributed by atoms with Gasteiger partial charge in [-0.3, -0.25) is 0 Å². The van der Waals surface area contributed by atoms with Crippen LogP contribution in [0.4, 0.5) is 0 Å². The van der Waals surface area contributed by atoms with Gasteiger partial charge in [-0.2, -0.15) is 0 Å². The van der Waals surface area contributed by atoms with E-state index in [4.69, 9.17) is 5.11 Å². The molecule has 0 saturated heterocycles. The summed E-state index contributed by atoms with van der Waals surface area (Å²) in [6.07, 6.45) is 1.16. The fraction of sp³-hybridized carbons (Fsp3) is 0.500. The molecule has 0 amide bonds. The molecule has 0 aromatic heterocycles. The van der Waals surface area contributed by atoms with Gasteiger partial charge >= 0.3 is 0 Å². The molecular weight excluding hydrogens is 286 g/mol. The van der Waals surface area contributed by atoms with E-state index in [1.807, 2.05) is 20.8 Å². The number of hydrogen-bond acceptors (Lipinski definition) is 3. The number of aliphatic hydroxyl groups excluding tert-OH is 1. The number of hydrogen-bond donors (Lipinski definition) is 2. The second kappa shape index (κ2) is 8.18. The lowest BCUT2D eigenvalue weighted by Crippen LogP contribution is -2.37. The van der Waals surface area contributed by atoms with Crippen molar-refractivity contribution in [2.45, 2.75) is 44.6 Å². The van der Waals surface area contributed by atoms with Crippen LogP contribution in [0, 0.1) is 17.8 Å². The fourth-order valence-electron chi connectivity index (χ4n) is 1.90. The minimum absolute atomic E-state index is 0.0248. The Bertz CT molecular complexity index is 595. The van der Waals surface area contributed by atoms with E-state index in [-0.39, 0.29) is 23.5 Å². The van der Waals surface area contributed by atoms with Crippen LogP contribution >= 0.6 is 0 Å². The van der Waals surface area contributed by atoms with Gasteiger partial charge in [-0.15, -0.1) is 0 Å². The SMILES string of the molecule is CCC(NS(=O)(=O)c1ccc(C#CCCO)cc1)C(C)C. The molecule has 1 unspecified atom stereocenters. The molecule has 0 heterocycles. The Morgan fingerprint density at radius 1 is 1.24 bits per heavy atom. The molecule has 0 bridgehead atoms. The van der Waals surface area contributed by atoms with Crippen molar-refractivity contribution < 1.29 is 13.5 Å². The van der Waals surface area contributed by atoms with Gasteiger partial charge in [0.05, 0.1) is 11.5 Å². The smallest absolute Gasteiger partial charge is 0.240 e. The third kappa shape index (κ3) is 5.50. The molecule has 0 aliphatic heterocycles. The van der Waals surface area contributed by atoms with E-state index in [9.17, 15) is 8.42 Å². The summed E-state index contributed by atoms with van der Waals surface area (Å²) in [4.78, 5) is 0.245. The normalized spacial score (nSPS) is 12.8. The van der Waals surface area contributed by atoms with E-state index in [1.165, 1.54) is 0 Å². The molecule has 1 aromatic rings. The van der Waals surface area contributed by atoms with E-state index in [1.54, 1.807) is 24.3 Å². The predicted molar refractivity (Wildman–Crippen MR) is 84.3 cm³/mol. The molecule has 4 nitrogen and oxygen atoms in total. The minimum atomic E-state index is -3.50. The van der Waals surface area contributed by atoms with E-state index >= 15 is 0 Å². The number of nitrogens with one attached hydrogen (secondary N) is 1. The Morgan fingerprint density at radius 3 is 2.33 bits per heavy atom. The molecule has 0 radical (unpaired) electrons. The lowest BCUT2D eigenvalue weighted by Gasteiger charge is -2.20. The van der Waals surface area contributed by atoms with Crippen molar-refractivity contribution in [3.8, 4) is 11.8 Å². The van der Waals surface area contributed by atoms with Crippen LogP contribution in [0.15, 0.2) is 29.2 Å². The Kier molecular flexibility index (Phi) is 6.90. The van der Waals surface area contributed by atoms with Crippen molar-refractivity contribution in [3.63, 3.8) is 0 Å². The van der Waals surface area contributed by atoms with Crippen LogP contribution in [-0.4, -0.2) is 26.2 Å². The third-order valence-corrected chi connectivity index (χ3v) is 4.69. The van der Waals surface area contributed by atoms with Crippen LogP contribution in [0.1, 0.15) is 39.2 Å². The number of sulfonamides is 1. The van der Waals surface area contributed by atoms with Crippen LogP contribution in [0.3, 0.4) is 0 Å². The van der Waals surface area contributed by atoms with Gasteiger partial charge in [0.15, 0.2) is 0 Å². The molecule has 0 saturated carbocycles. The summed E-state index contributed by atoms with van der Waals surface area (Å²) in [5, 5.41) is 8.66. The summed E-state index contributed by atoms with van der Waals surface area (Å²) in [5.41, 5.74) is 0.735. The first kappa shape index (κ1) is 17.7. The molecule has 0 spiro atoms. The zero-order chi connectivity index (χ0) is 15.9. The van der Waals surface area contributed by atoms with Crippen LogP contribution in [0.2, 0.25) is 0 Å². The van der Waals surface area contributed by atoms with Crippen molar-refractivity contribution in [2.75, 3.05) is 6.61 Å². The highest BCUT2D eigenvalue weighted by atomic mass is 32.2. The summed E-state index contributed by atoms with van der Waals surface area (Å²) >= 11 is 0. The second-order valence-electron chi connectivity index (χ2n) is 5.18. The summed E-state index contributed by atoms with van der Waals surface area (Å²) in [6.45, 7) is 5.98. The molecular formula is C16H23NO3S. The molecule has 1 aromatic carbocycles. The Labute approximate surface area is 127 Å². The lowest BCUT2D eigenvalue weighted by molar-refractivity contribution is 0.305. The van der Waals surface area contributed by atoms with E-state index in [2.05, 4.69) is 16.6 Å². The van der Waals surface area contributed by atoms with Crippen LogP contribution in [0.5, 0.6) is 0 Å². The van der Waals surface area contributed by atoms with Crippen LogP contribution in [0.25, 0.3) is 0 Å². The van der Waals surface area contributed by atoms with Gasteiger partial charge in [0.1, 0.15) is 0 Å². The number of benzene rings is 1. The summed E-state index contributed by atoms with van der Waals surface area (Å²) in [7, 11) is -3.50. The topological polar surface area (TPSA) is 66.4 Å². The van der Waals surface area contributed by atoms with Gasteiger partial charge in [-0.05, 0) is 36.6 Å². The first-order valence-electron chi connectivity index (χ1n) is 7.12. The molecule has 2 N–H and O–H groups in total. The number of aliphatic hydroxyl groups is 1. The molecule has 0 aliphatic rings. The maximum Gasteiger partial charge on any atom is 0.240 e. The average Bonchev–Trinajstić information content (AvgIpc) is 2.45. The third-order valence-electron chi connectivity index (χ3n) is 3.19. The quantitative estimate of drug-likeness (QED) is 0.791. The first-order chi connectivity index (χ1) is 9.90. The largest absolute Gasteiger partial charge is 0.395 e. The van der Waals surface area contributed by atoms with Crippen molar-refractivity contribution in [1.82, 2.24) is 4.72 Å². The zero-order valence-electron chi connectivity index (χ0n) is 12.8. The molecule has 1 atom stereocenters. The molecule has 116 valence electrons. The zero-order valence-corrected chi connectivity index (χ0v) is 13.6. The monoisotopic (exact) mass is 309 g/mol. The van der Waals surface area contributed by atoms with Crippen molar-refractivity contribution in [1.29, 1.82) is 0 Å². The van der Waals surface area contributed by atoms with Crippen LogP contribution in [-0.2, 0) is 10.0 Å². The minimum Gasteiger partial charge on any atom is -0.395 e. The highest BCUT2D eigenvalue weighted by Crippen LogP contribution is 2.14. The first-order valence-corrected chi connectivity index (χ1v) is 8.61. The maximum atomic E-state index is 12.3. The van der Waals surface area contributed by atoms with Gasteiger partial charge in [-0.1, -0.05) is 32.6 Å². The Morgan fingerprint density at radius 2 is 1.86 bits per heavy atom. The second-order valence-corrected chi connectivity index (χ2v) is 6.89. The van der Waals surface area contributed by atoms with Gasteiger partial charge in [0, 0.05) is 18.0 Å². The van der Waals surface area contributed by atoms with Crippen molar-refractivity contribution in [2.24, 2.45) is 5.92 Å². The van der Waals surface area contributed by atoms with E-state index < -0.39 is 10.0 Å². The van der Waals surface area contributed by atoms with Crippen molar-refractivity contribution in [3.05, 3.63) is 29.8 Å². The van der Waals surface area contributed by atoms with Gasteiger partial charge in [0.25, 0.3) is 0 Å². The summed E-state index contributed by atoms with van der Waals surface area (Å²) in [6, 6.07) is 6.39. The molecule has 21 heavy (non-hydrogen) atoms. The summed E-state index contributed by atoms with van der Waals surface area (Å²) < 4.78 is 27.3. The highest BCUT2D eigenvalue weighted by Gasteiger charge is 2.20. The van der Waals surface area contributed by atoms with E-state index in [0.717, 1.165) is 12.0 Å². The average molecular weight is 309 g/mol. The summed E-state index contributed by atoms with van der Waals surface area (Å²) in [5.74, 6) is 5.91.